The molecular formula is C8H16N2O4S. The third-order valence-electron chi connectivity index (χ3n) is 1.98. The van der Waals surface area contributed by atoms with Crippen molar-refractivity contribution in [3.63, 3.8) is 0 Å². The molecule has 0 aromatic rings. The van der Waals surface area contributed by atoms with Gasteiger partial charge in [-0.05, 0) is 12.8 Å². The highest BCUT2D eigenvalue weighted by Crippen LogP contribution is 2.18. The first-order valence-corrected chi connectivity index (χ1v) is 6.56. The summed E-state index contributed by atoms with van der Waals surface area (Å²) in [5.41, 5.74) is 0. The van der Waals surface area contributed by atoms with Crippen LogP contribution in [0.4, 0.5) is 0 Å². The van der Waals surface area contributed by atoms with Crippen LogP contribution in [0, 0.1) is 0 Å². The predicted octanol–water partition coefficient (Wildman–Crippen LogP) is -1.43. The van der Waals surface area contributed by atoms with Gasteiger partial charge in [-0.3, -0.25) is 4.79 Å². The number of nitrogens with one attached hydrogen (secondary N) is 2. The molecule has 1 amide bonds. The van der Waals surface area contributed by atoms with Gasteiger partial charge in [0.1, 0.15) is 0 Å². The minimum atomic E-state index is -3.42. The van der Waals surface area contributed by atoms with E-state index in [0.29, 0.717) is 6.04 Å². The van der Waals surface area contributed by atoms with Crippen molar-refractivity contribution in [3.8, 4) is 0 Å². The molecule has 0 spiro atoms. The summed E-state index contributed by atoms with van der Waals surface area (Å²) in [6.07, 6.45) is 2.17. The number of amides is 1. The van der Waals surface area contributed by atoms with E-state index in [-0.39, 0.29) is 24.6 Å². The molecular weight excluding hydrogens is 220 g/mol. The fraction of sp³-hybridized carbons (Fsp3) is 0.875. The number of carbonyl (C=O) groups excluding carboxylic acids is 1. The maximum Gasteiger partial charge on any atom is 0.221 e. The third kappa shape index (κ3) is 5.71. The van der Waals surface area contributed by atoms with Crippen LogP contribution in [0.1, 0.15) is 19.3 Å². The Morgan fingerprint density at radius 1 is 1.40 bits per heavy atom. The summed E-state index contributed by atoms with van der Waals surface area (Å²) in [7, 11) is -3.42. The molecule has 0 aromatic carbocycles. The average molecular weight is 236 g/mol. The summed E-state index contributed by atoms with van der Waals surface area (Å²) in [5.74, 6) is -0.457. The van der Waals surface area contributed by atoms with Gasteiger partial charge in [0.05, 0.1) is 12.4 Å². The van der Waals surface area contributed by atoms with Crippen LogP contribution in [0.2, 0.25) is 0 Å². The van der Waals surface area contributed by atoms with Gasteiger partial charge < -0.3 is 10.4 Å². The van der Waals surface area contributed by atoms with Crippen LogP contribution in [-0.2, 0) is 14.8 Å². The molecule has 0 atom stereocenters. The smallest absolute Gasteiger partial charge is 0.221 e. The zero-order chi connectivity index (χ0) is 11.3. The zero-order valence-electron chi connectivity index (χ0n) is 8.40. The van der Waals surface area contributed by atoms with Gasteiger partial charge in [-0.25, -0.2) is 13.1 Å². The van der Waals surface area contributed by atoms with E-state index in [0.717, 1.165) is 12.8 Å². The fourth-order valence-electron chi connectivity index (χ4n) is 1.04. The van der Waals surface area contributed by atoms with Gasteiger partial charge in [0.15, 0.2) is 0 Å². The lowest BCUT2D eigenvalue weighted by Gasteiger charge is -2.05. The van der Waals surface area contributed by atoms with Gasteiger partial charge >= 0.3 is 0 Å². The van der Waals surface area contributed by atoms with E-state index in [1.807, 2.05) is 0 Å². The van der Waals surface area contributed by atoms with E-state index in [4.69, 9.17) is 5.11 Å². The first-order valence-electron chi connectivity index (χ1n) is 4.91. The summed E-state index contributed by atoms with van der Waals surface area (Å²) in [5, 5.41) is 11.2. The number of carbonyl (C=O) groups is 1. The molecule has 0 aliphatic heterocycles. The van der Waals surface area contributed by atoms with Crippen LogP contribution in [0.25, 0.3) is 0 Å². The van der Waals surface area contributed by atoms with Crippen LogP contribution in [0.5, 0.6) is 0 Å². The van der Waals surface area contributed by atoms with E-state index in [9.17, 15) is 13.2 Å². The Morgan fingerprint density at radius 3 is 2.60 bits per heavy atom. The summed E-state index contributed by atoms with van der Waals surface area (Å²) < 4.78 is 24.3. The number of sulfonamides is 1. The van der Waals surface area contributed by atoms with Crippen LogP contribution in [-0.4, -0.2) is 44.4 Å². The largest absolute Gasteiger partial charge is 0.395 e. The van der Waals surface area contributed by atoms with Crippen molar-refractivity contribution in [3.05, 3.63) is 0 Å². The van der Waals surface area contributed by atoms with Crippen molar-refractivity contribution in [1.82, 2.24) is 10.0 Å². The highest BCUT2D eigenvalue weighted by Gasteiger charge is 2.22. The molecule has 0 radical (unpaired) electrons. The Bertz CT molecular complexity index is 311. The second-order valence-electron chi connectivity index (χ2n) is 3.53. The fourth-order valence-corrected chi connectivity index (χ4v) is 1.84. The quantitative estimate of drug-likeness (QED) is 0.505. The normalized spacial score (nSPS) is 16.3. The second-order valence-corrected chi connectivity index (χ2v) is 5.46. The first kappa shape index (κ1) is 12.4. The topological polar surface area (TPSA) is 95.5 Å². The van der Waals surface area contributed by atoms with Crippen LogP contribution < -0.4 is 10.0 Å². The number of hydrogen-bond donors (Lipinski definition) is 3. The molecule has 7 heteroatoms. The highest BCUT2D eigenvalue weighted by molar-refractivity contribution is 7.89. The molecule has 1 saturated carbocycles. The van der Waals surface area contributed by atoms with Crippen LogP contribution >= 0.6 is 0 Å². The monoisotopic (exact) mass is 236 g/mol. The summed E-state index contributed by atoms with van der Waals surface area (Å²) in [6.45, 7) is -0.329. The standard InChI is InChI=1S/C8H16N2O4S/c11-5-6-15(13,14)9-4-3-8(12)10-7-1-2-7/h7,9,11H,1-6H2,(H,10,12). The van der Waals surface area contributed by atoms with Crippen LogP contribution in [0.3, 0.4) is 0 Å². The van der Waals surface area contributed by atoms with Crippen molar-refractivity contribution >= 4 is 15.9 Å². The molecule has 3 N–H and O–H groups in total. The maximum absolute atomic E-state index is 11.1. The van der Waals surface area contributed by atoms with Crippen molar-refractivity contribution < 1.29 is 18.3 Å². The summed E-state index contributed by atoms with van der Waals surface area (Å²) in [6, 6.07) is 0.298. The first-order chi connectivity index (χ1) is 7.03. The Hall–Kier alpha value is -0.660. The minimum Gasteiger partial charge on any atom is -0.395 e. The van der Waals surface area contributed by atoms with Gasteiger partial charge in [-0.15, -0.1) is 0 Å². The number of aliphatic hydroxyl groups excluding tert-OH is 1. The van der Waals surface area contributed by atoms with Crippen molar-refractivity contribution in [2.24, 2.45) is 0 Å². The molecule has 0 bridgehead atoms. The van der Waals surface area contributed by atoms with E-state index in [1.165, 1.54) is 0 Å². The molecule has 6 nitrogen and oxygen atoms in total. The molecule has 0 heterocycles. The Kier molecular flexibility index (Phi) is 4.49. The number of aliphatic hydroxyl groups is 1. The van der Waals surface area contributed by atoms with Gasteiger partial charge in [0.2, 0.25) is 15.9 Å². The minimum absolute atomic E-state index is 0.0842. The lowest BCUT2D eigenvalue weighted by molar-refractivity contribution is -0.121. The predicted molar refractivity (Wildman–Crippen MR) is 54.7 cm³/mol. The Labute approximate surface area is 89.1 Å². The zero-order valence-corrected chi connectivity index (χ0v) is 9.22. The van der Waals surface area contributed by atoms with Gasteiger partial charge in [-0.1, -0.05) is 0 Å². The molecule has 0 unspecified atom stereocenters. The van der Waals surface area contributed by atoms with Crippen molar-refractivity contribution in [1.29, 1.82) is 0 Å². The van der Waals surface area contributed by atoms with Crippen molar-refractivity contribution in [2.75, 3.05) is 18.9 Å². The van der Waals surface area contributed by atoms with E-state index in [1.54, 1.807) is 0 Å². The average Bonchev–Trinajstić information content (AvgIpc) is 2.87. The summed E-state index contributed by atoms with van der Waals surface area (Å²) >= 11 is 0. The Morgan fingerprint density at radius 2 is 2.07 bits per heavy atom. The molecule has 0 saturated heterocycles. The Balaban J connectivity index is 2.11. The molecule has 1 rings (SSSR count). The number of rotatable bonds is 7. The molecule has 0 aromatic heterocycles. The van der Waals surface area contributed by atoms with Gasteiger partial charge in [0.25, 0.3) is 0 Å². The highest BCUT2D eigenvalue weighted by atomic mass is 32.2. The second kappa shape index (κ2) is 5.43. The SMILES string of the molecule is O=C(CCNS(=O)(=O)CCO)NC1CC1. The molecule has 1 aliphatic carbocycles. The summed E-state index contributed by atoms with van der Waals surface area (Å²) in [4.78, 5) is 11.1. The number of hydrogen-bond acceptors (Lipinski definition) is 4. The van der Waals surface area contributed by atoms with E-state index < -0.39 is 16.6 Å². The molecule has 88 valence electrons. The third-order valence-corrected chi connectivity index (χ3v) is 3.34. The van der Waals surface area contributed by atoms with E-state index in [2.05, 4.69) is 10.0 Å². The lowest BCUT2D eigenvalue weighted by atomic mass is 10.4. The van der Waals surface area contributed by atoms with Crippen molar-refractivity contribution in [2.45, 2.75) is 25.3 Å². The van der Waals surface area contributed by atoms with Gasteiger partial charge in [-0.2, -0.15) is 0 Å². The lowest BCUT2D eigenvalue weighted by Crippen LogP contribution is -2.33. The molecule has 15 heavy (non-hydrogen) atoms. The van der Waals surface area contributed by atoms with Gasteiger partial charge in [0, 0.05) is 19.0 Å². The molecule has 1 aliphatic rings. The van der Waals surface area contributed by atoms with E-state index >= 15 is 0 Å². The van der Waals surface area contributed by atoms with Crippen LogP contribution in [0.15, 0.2) is 0 Å². The molecule has 1 fully saturated rings. The maximum atomic E-state index is 11.1.